The lowest BCUT2D eigenvalue weighted by atomic mass is 10.3. The first-order valence-electron chi connectivity index (χ1n) is 2.88. The zero-order valence-corrected chi connectivity index (χ0v) is 9.89. The Labute approximate surface area is 94.0 Å². The summed E-state index contributed by atoms with van der Waals surface area (Å²) < 4.78 is 25.3. The number of hydrogen-bond donors (Lipinski definition) is 1. The third kappa shape index (κ3) is 2.15. The maximum Gasteiger partial charge on any atom is 0.265 e. The summed E-state index contributed by atoms with van der Waals surface area (Å²) in [5.74, 6) is 0. The second kappa shape index (κ2) is 3.99. The fourth-order valence-corrected chi connectivity index (χ4v) is 1.79. The van der Waals surface area contributed by atoms with Gasteiger partial charge in [0.05, 0.1) is 7.27 Å². The number of aromatic amines is 1. The molecule has 0 amide bonds. The third-order valence-corrected chi connectivity index (χ3v) is 4.20. The summed E-state index contributed by atoms with van der Waals surface area (Å²) in [6, 6.07) is 0.925. The lowest BCUT2D eigenvalue weighted by Crippen LogP contribution is -2.10. The quantitative estimate of drug-likeness (QED) is 0.574. The molecule has 0 fully saturated rings. The van der Waals surface area contributed by atoms with Crippen molar-refractivity contribution >= 4 is 45.2 Å². The van der Waals surface area contributed by atoms with Crippen LogP contribution in [0.1, 0.15) is 12.0 Å². The van der Waals surface area contributed by atoms with Crippen molar-refractivity contribution in [1.29, 1.82) is 0 Å². The third-order valence-electron chi connectivity index (χ3n) is 1.20. The first-order chi connectivity index (χ1) is 5.52. The largest absolute Gasteiger partial charge is 0.316 e. The van der Waals surface area contributed by atoms with Crippen LogP contribution in [-0.4, -0.2) is 4.98 Å². The first-order valence-corrected chi connectivity index (χ1v) is 5.04. The van der Waals surface area contributed by atoms with E-state index >= 15 is 0 Å². The molecule has 6 heteroatoms. The Balaban J connectivity index is 3.38. The van der Waals surface area contributed by atoms with Gasteiger partial charge in [0.2, 0.25) is 5.56 Å². The van der Waals surface area contributed by atoms with Crippen molar-refractivity contribution in [2.24, 2.45) is 0 Å². The predicted molar refractivity (Wildman–Crippen MR) is 57.5 cm³/mol. The number of halogens is 4. The van der Waals surface area contributed by atoms with Gasteiger partial charge in [-0.25, -0.2) is 8.78 Å². The van der Waals surface area contributed by atoms with Gasteiger partial charge in [-0.15, -0.1) is 0 Å². The van der Waals surface area contributed by atoms with Crippen molar-refractivity contribution in [2.45, 2.75) is 6.43 Å². The molecule has 1 N–H and O–H groups in total. The van der Waals surface area contributed by atoms with E-state index in [-0.39, 0.29) is 5.56 Å². The Morgan fingerprint density at radius 3 is 2.50 bits per heavy atom. The minimum atomic E-state index is -2.59. The average molecular weight is 397 g/mol. The van der Waals surface area contributed by atoms with E-state index in [1.54, 1.807) is 22.6 Å². The van der Waals surface area contributed by atoms with Crippen molar-refractivity contribution < 1.29 is 8.78 Å². The van der Waals surface area contributed by atoms with Crippen molar-refractivity contribution in [3.8, 4) is 0 Å². The van der Waals surface area contributed by atoms with Gasteiger partial charge in [0.1, 0.15) is 0 Å². The number of alkyl halides is 2. The van der Waals surface area contributed by atoms with E-state index in [2.05, 4.69) is 4.98 Å². The molecule has 12 heavy (non-hydrogen) atoms. The van der Waals surface area contributed by atoms with Crippen LogP contribution in [0, 0.1) is 7.27 Å². The number of nitrogens with one attached hydrogen (secondary N) is 1. The summed E-state index contributed by atoms with van der Waals surface area (Å²) in [4.78, 5) is 13.2. The Morgan fingerprint density at radius 1 is 1.42 bits per heavy atom. The monoisotopic (exact) mass is 397 g/mol. The molecule has 0 unspecified atom stereocenters. The Kier molecular flexibility index (Phi) is 3.44. The second-order valence-corrected chi connectivity index (χ2v) is 4.18. The van der Waals surface area contributed by atoms with Crippen LogP contribution in [0.15, 0.2) is 10.9 Å². The van der Waals surface area contributed by atoms with Gasteiger partial charge in [0.15, 0.2) is 0 Å². The van der Waals surface area contributed by atoms with Gasteiger partial charge in [-0.2, -0.15) is 0 Å². The summed E-state index contributed by atoms with van der Waals surface area (Å²) in [5.41, 5.74) is -0.695. The summed E-state index contributed by atoms with van der Waals surface area (Å²) in [5, 5.41) is 0. The minimum absolute atomic E-state index is 0.205. The highest BCUT2D eigenvalue weighted by Crippen LogP contribution is 2.24. The molecule has 0 aliphatic rings. The highest BCUT2D eigenvalue weighted by atomic mass is 127. The van der Waals surface area contributed by atoms with E-state index in [1.807, 2.05) is 22.6 Å². The lowest BCUT2D eigenvalue weighted by molar-refractivity contribution is 0.150. The topological polar surface area (TPSA) is 32.9 Å². The van der Waals surface area contributed by atoms with Crippen LogP contribution in [0.3, 0.4) is 0 Å². The van der Waals surface area contributed by atoms with Crippen LogP contribution < -0.4 is 5.56 Å². The van der Waals surface area contributed by atoms with Gasteiger partial charge in [-0.3, -0.25) is 4.79 Å². The molecule has 0 spiro atoms. The van der Waals surface area contributed by atoms with Crippen LogP contribution >= 0.6 is 45.2 Å². The highest BCUT2D eigenvalue weighted by molar-refractivity contribution is 14.1. The molecule has 1 heterocycles. The predicted octanol–water partition coefficient (Wildman–Crippen LogP) is 2.52. The molecule has 0 radical (unpaired) electrons. The number of H-pyrrole nitrogens is 1. The average Bonchev–Trinajstić information content (AvgIpc) is 1.96. The second-order valence-electron chi connectivity index (χ2n) is 2.02. The molecule has 1 rings (SSSR count). The minimum Gasteiger partial charge on any atom is -0.316 e. The Bertz CT molecular complexity index is 350. The maximum atomic E-state index is 12.2. The van der Waals surface area contributed by atoms with Crippen LogP contribution in [0.2, 0.25) is 0 Å². The molecule has 1 aromatic rings. The number of aromatic nitrogens is 1. The molecule has 0 atom stereocenters. The molecule has 0 aliphatic heterocycles. The molecule has 0 aromatic carbocycles. The Morgan fingerprint density at radius 2 is 2.00 bits per heavy atom. The van der Waals surface area contributed by atoms with Crippen LogP contribution in [-0.2, 0) is 0 Å². The molecule has 0 saturated heterocycles. The van der Waals surface area contributed by atoms with Crippen molar-refractivity contribution in [1.82, 2.24) is 4.98 Å². The molecular weight excluding hydrogens is 394 g/mol. The van der Waals surface area contributed by atoms with Crippen LogP contribution in [0.4, 0.5) is 8.78 Å². The SMILES string of the molecule is O=c1cc(C(F)F)c(I)c(I)[nH]1. The molecular formula is C6H3F2I2NO. The number of rotatable bonds is 1. The van der Waals surface area contributed by atoms with E-state index in [9.17, 15) is 13.6 Å². The number of pyridine rings is 1. The highest BCUT2D eigenvalue weighted by Gasteiger charge is 2.14. The van der Waals surface area contributed by atoms with Gasteiger partial charge < -0.3 is 4.98 Å². The fourth-order valence-electron chi connectivity index (χ4n) is 0.689. The molecule has 2 nitrogen and oxygen atoms in total. The van der Waals surface area contributed by atoms with Gasteiger partial charge in [-0.05, 0) is 45.2 Å². The molecule has 66 valence electrons. The maximum absolute atomic E-state index is 12.2. The van der Waals surface area contributed by atoms with Crippen molar-refractivity contribution in [3.63, 3.8) is 0 Å². The lowest BCUT2D eigenvalue weighted by Gasteiger charge is -2.03. The van der Waals surface area contributed by atoms with Crippen molar-refractivity contribution in [3.05, 3.63) is 29.3 Å². The molecule has 0 bridgehead atoms. The normalized spacial score (nSPS) is 10.8. The zero-order valence-electron chi connectivity index (χ0n) is 5.57. The first kappa shape index (κ1) is 10.4. The van der Waals surface area contributed by atoms with Crippen LogP contribution in [0.25, 0.3) is 0 Å². The van der Waals surface area contributed by atoms with Crippen molar-refractivity contribution in [2.75, 3.05) is 0 Å². The summed E-state index contributed by atoms with van der Waals surface area (Å²) >= 11 is 3.59. The van der Waals surface area contributed by atoms with E-state index in [4.69, 9.17) is 0 Å². The van der Waals surface area contributed by atoms with Gasteiger partial charge in [0, 0.05) is 11.6 Å². The van der Waals surface area contributed by atoms with E-state index in [0.29, 0.717) is 7.27 Å². The van der Waals surface area contributed by atoms with E-state index in [1.165, 1.54) is 0 Å². The summed E-state index contributed by atoms with van der Waals surface area (Å²) in [6.45, 7) is 0. The van der Waals surface area contributed by atoms with Gasteiger partial charge in [-0.1, -0.05) is 0 Å². The summed E-state index contributed by atoms with van der Waals surface area (Å²) in [7, 11) is 0. The van der Waals surface area contributed by atoms with Crippen LogP contribution in [0.5, 0.6) is 0 Å². The van der Waals surface area contributed by atoms with E-state index in [0.717, 1.165) is 6.07 Å². The zero-order chi connectivity index (χ0) is 9.30. The smallest absolute Gasteiger partial charge is 0.265 e. The van der Waals surface area contributed by atoms with Gasteiger partial charge in [0.25, 0.3) is 6.43 Å². The molecule has 1 aromatic heterocycles. The standard InChI is InChI=1S/C6H3F2I2NO/c7-5(8)2-1-3(12)11-6(10)4(2)9/h1,5H,(H,11,12). The fraction of sp³-hybridized carbons (Fsp3) is 0.167. The molecule has 0 saturated carbocycles. The van der Waals surface area contributed by atoms with E-state index < -0.39 is 12.0 Å². The van der Waals surface area contributed by atoms with Gasteiger partial charge >= 0.3 is 0 Å². The Hall–Kier alpha value is 0.270. The summed E-state index contributed by atoms with van der Waals surface area (Å²) in [6.07, 6.45) is -2.59. The number of hydrogen-bond acceptors (Lipinski definition) is 1. The molecule has 0 aliphatic carbocycles.